The van der Waals surface area contributed by atoms with E-state index in [1.807, 2.05) is 6.92 Å². The van der Waals surface area contributed by atoms with Crippen molar-refractivity contribution in [3.63, 3.8) is 0 Å². The second-order valence-corrected chi connectivity index (χ2v) is 6.97. The Morgan fingerprint density at radius 1 is 1.33 bits per heavy atom. The maximum atomic E-state index is 13.9. The van der Waals surface area contributed by atoms with Gasteiger partial charge in [-0.05, 0) is 31.2 Å². The molecule has 0 radical (unpaired) electrons. The highest BCUT2D eigenvalue weighted by Gasteiger charge is 2.31. The van der Waals surface area contributed by atoms with Crippen LogP contribution in [-0.4, -0.2) is 44.6 Å². The minimum absolute atomic E-state index is 0.104. The number of ether oxygens (including phenoxy) is 1. The average molecular weight is 367 g/mol. The summed E-state index contributed by atoms with van der Waals surface area (Å²) in [5.74, 6) is 0.783. The normalized spacial score (nSPS) is 21.9. The largest absolute Gasteiger partial charge is 0.488 e. The number of amides is 1. The fourth-order valence-corrected chi connectivity index (χ4v) is 3.72. The van der Waals surface area contributed by atoms with Crippen LogP contribution in [0.5, 0.6) is 5.75 Å². The van der Waals surface area contributed by atoms with Gasteiger partial charge < -0.3 is 15.0 Å². The Labute approximate surface area is 154 Å². The zero-order valence-corrected chi connectivity index (χ0v) is 14.7. The maximum absolute atomic E-state index is 13.9. The van der Waals surface area contributed by atoms with Gasteiger partial charge in [-0.1, -0.05) is 0 Å². The van der Waals surface area contributed by atoms with Crippen molar-refractivity contribution in [2.24, 2.45) is 0 Å². The lowest BCUT2D eigenvalue weighted by molar-refractivity contribution is 0.0774. The van der Waals surface area contributed by atoms with Gasteiger partial charge in [0.15, 0.2) is 5.65 Å². The van der Waals surface area contributed by atoms with Crippen LogP contribution in [0.15, 0.2) is 36.7 Å². The van der Waals surface area contributed by atoms with Gasteiger partial charge in [0.25, 0.3) is 5.91 Å². The van der Waals surface area contributed by atoms with Gasteiger partial charge in [-0.25, -0.2) is 13.9 Å². The van der Waals surface area contributed by atoms with E-state index in [4.69, 9.17) is 4.74 Å². The molecule has 5 rings (SSSR count). The van der Waals surface area contributed by atoms with Crippen molar-refractivity contribution in [3.05, 3.63) is 53.6 Å². The third-order valence-electron chi connectivity index (χ3n) is 5.13. The van der Waals surface area contributed by atoms with Crippen molar-refractivity contribution in [2.75, 3.05) is 18.4 Å². The average Bonchev–Trinajstić information content (AvgIpc) is 3.28. The topological polar surface area (TPSA) is 71.8 Å². The highest BCUT2D eigenvalue weighted by molar-refractivity contribution is 6.00. The van der Waals surface area contributed by atoms with Crippen LogP contribution in [0.3, 0.4) is 0 Å². The first-order valence-corrected chi connectivity index (χ1v) is 8.95. The minimum Gasteiger partial charge on any atom is -0.488 e. The molecule has 0 saturated carbocycles. The Bertz CT molecular complexity index is 1050. The summed E-state index contributed by atoms with van der Waals surface area (Å²) < 4.78 is 21.6. The number of fused-ring (bicyclic) bond motifs is 4. The van der Waals surface area contributed by atoms with Crippen molar-refractivity contribution < 1.29 is 13.9 Å². The number of nitrogens with one attached hydrogen (secondary N) is 1. The summed E-state index contributed by atoms with van der Waals surface area (Å²) in [5, 5.41) is 7.50. The molecule has 2 aliphatic rings. The van der Waals surface area contributed by atoms with Gasteiger partial charge in [0, 0.05) is 24.7 Å². The monoisotopic (exact) mass is 367 g/mol. The van der Waals surface area contributed by atoms with Crippen LogP contribution in [0.1, 0.15) is 35.3 Å². The minimum atomic E-state index is -0.319. The maximum Gasteiger partial charge on any atom is 0.259 e. The van der Waals surface area contributed by atoms with Crippen LogP contribution >= 0.6 is 0 Å². The van der Waals surface area contributed by atoms with Crippen LogP contribution in [0.4, 0.5) is 10.2 Å². The van der Waals surface area contributed by atoms with Crippen LogP contribution in [0.2, 0.25) is 0 Å². The van der Waals surface area contributed by atoms with E-state index in [9.17, 15) is 9.18 Å². The molecule has 0 aliphatic carbocycles. The van der Waals surface area contributed by atoms with Gasteiger partial charge in [-0.2, -0.15) is 5.10 Å². The van der Waals surface area contributed by atoms with Crippen molar-refractivity contribution >= 4 is 17.4 Å². The van der Waals surface area contributed by atoms with E-state index in [0.717, 1.165) is 12.0 Å². The van der Waals surface area contributed by atoms with E-state index in [0.29, 0.717) is 35.9 Å². The van der Waals surface area contributed by atoms with E-state index < -0.39 is 0 Å². The lowest BCUT2D eigenvalue weighted by atomic mass is 10.1. The molecule has 1 aromatic carbocycles. The molecule has 1 saturated heterocycles. The summed E-state index contributed by atoms with van der Waals surface area (Å²) in [4.78, 5) is 19.3. The lowest BCUT2D eigenvalue weighted by Gasteiger charge is -2.21. The number of hydrogen-bond donors (Lipinski definition) is 1. The number of hydrogen-bond acceptors (Lipinski definition) is 5. The number of aromatic nitrogens is 3. The number of carbonyl (C=O) groups is 1. The predicted molar refractivity (Wildman–Crippen MR) is 96.4 cm³/mol. The van der Waals surface area contributed by atoms with Crippen molar-refractivity contribution in [3.8, 4) is 5.75 Å². The number of benzene rings is 1. The quantitative estimate of drug-likeness (QED) is 0.661. The summed E-state index contributed by atoms with van der Waals surface area (Å²) >= 11 is 0. The second kappa shape index (κ2) is 5.94. The van der Waals surface area contributed by atoms with Crippen LogP contribution in [0, 0.1) is 5.82 Å². The summed E-state index contributed by atoms with van der Waals surface area (Å²) in [5.41, 5.74) is 1.68. The van der Waals surface area contributed by atoms with Gasteiger partial charge in [0.1, 0.15) is 29.1 Å². The Kier molecular flexibility index (Phi) is 3.53. The Balaban J connectivity index is 1.66. The summed E-state index contributed by atoms with van der Waals surface area (Å²) in [6, 6.07) is 6.07. The Morgan fingerprint density at radius 3 is 3.11 bits per heavy atom. The third kappa shape index (κ3) is 2.68. The highest BCUT2D eigenvalue weighted by Crippen LogP contribution is 2.31. The standard InChI is InChI=1S/C19H18FN5O2/c1-11-14-8-12(20)2-3-16(14)27-13-4-6-24(10-13)19(26)15-9-21-25-7-5-17(22-11)23-18(15)25/h2-3,5,7-9,11,13H,4,6,10H2,1H3,(H,22,23)/t11?,13-/m1/s1. The van der Waals surface area contributed by atoms with Gasteiger partial charge in [0.2, 0.25) is 0 Å². The summed E-state index contributed by atoms with van der Waals surface area (Å²) in [6.45, 7) is 3.01. The van der Waals surface area contributed by atoms with Crippen LogP contribution in [0.25, 0.3) is 5.65 Å². The molecular weight excluding hydrogens is 349 g/mol. The summed E-state index contributed by atoms with van der Waals surface area (Å²) in [7, 11) is 0. The first kappa shape index (κ1) is 16.0. The van der Waals surface area contributed by atoms with Crippen molar-refractivity contribution in [2.45, 2.75) is 25.5 Å². The molecule has 8 heteroatoms. The smallest absolute Gasteiger partial charge is 0.259 e. The zero-order valence-electron chi connectivity index (χ0n) is 14.7. The molecule has 2 atom stereocenters. The van der Waals surface area contributed by atoms with Crippen molar-refractivity contribution in [1.29, 1.82) is 0 Å². The molecule has 0 spiro atoms. The molecule has 1 amide bonds. The number of rotatable bonds is 0. The molecule has 2 aliphatic heterocycles. The Morgan fingerprint density at radius 2 is 2.22 bits per heavy atom. The molecule has 7 nitrogen and oxygen atoms in total. The number of nitrogens with zero attached hydrogens (tertiary/aromatic N) is 4. The van der Waals surface area contributed by atoms with Gasteiger partial charge in [-0.3, -0.25) is 4.79 Å². The SMILES string of the molecule is CC1Nc2ccn3ncc(c3n2)C(=O)N2CC[C@H](C2)Oc2ccc(F)cc21. The lowest BCUT2D eigenvalue weighted by Crippen LogP contribution is -2.31. The third-order valence-corrected chi connectivity index (χ3v) is 5.13. The molecule has 138 valence electrons. The zero-order chi connectivity index (χ0) is 18.5. The predicted octanol–water partition coefficient (Wildman–Crippen LogP) is 2.65. The molecule has 4 bridgehead atoms. The Hall–Kier alpha value is -3.16. The molecular formula is C19H18FN5O2. The van der Waals surface area contributed by atoms with E-state index in [-0.39, 0.29) is 23.9 Å². The number of halogens is 1. The molecule has 3 aromatic rings. The highest BCUT2D eigenvalue weighted by atomic mass is 19.1. The van der Waals surface area contributed by atoms with Crippen LogP contribution < -0.4 is 10.1 Å². The molecule has 1 N–H and O–H groups in total. The van der Waals surface area contributed by atoms with E-state index in [2.05, 4.69) is 15.4 Å². The van der Waals surface area contributed by atoms with E-state index in [1.54, 1.807) is 33.9 Å². The van der Waals surface area contributed by atoms with Gasteiger partial charge >= 0.3 is 0 Å². The molecule has 2 aromatic heterocycles. The van der Waals surface area contributed by atoms with E-state index in [1.165, 1.54) is 12.1 Å². The van der Waals surface area contributed by atoms with E-state index >= 15 is 0 Å². The first-order chi connectivity index (χ1) is 13.1. The fraction of sp³-hybridized carbons (Fsp3) is 0.316. The number of anilines is 1. The van der Waals surface area contributed by atoms with Crippen molar-refractivity contribution in [1.82, 2.24) is 19.5 Å². The number of carbonyl (C=O) groups excluding carboxylic acids is 1. The first-order valence-electron chi connectivity index (χ1n) is 8.95. The molecule has 27 heavy (non-hydrogen) atoms. The van der Waals surface area contributed by atoms with Gasteiger partial charge in [-0.15, -0.1) is 0 Å². The molecule has 4 heterocycles. The molecule has 1 fully saturated rings. The molecule has 1 unspecified atom stereocenters. The second-order valence-electron chi connectivity index (χ2n) is 6.97. The van der Waals surface area contributed by atoms with Gasteiger partial charge in [0.05, 0.1) is 18.8 Å². The fourth-order valence-electron chi connectivity index (χ4n) is 3.72. The van der Waals surface area contributed by atoms with Crippen LogP contribution in [-0.2, 0) is 0 Å². The summed E-state index contributed by atoms with van der Waals surface area (Å²) in [6.07, 6.45) is 3.90.